The molecule has 0 atom stereocenters. The van der Waals surface area contributed by atoms with Crippen molar-refractivity contribution in [2.75, 3.05) is 13.1 Å². The van der Waals surface area contributed by atoms with Gasteiger partial charge in [0.2, 0.25) is 5.89 Å². The second kappa shape index (κ2) is 6.73. The lowest BCUT2D eigenvalue weighted by molar-refractivity contribution is 0.0707. The van der Waals surface area contributed by atoms with Crippen molar-refractivity contribution in [3.63, 3.8) is 0 Å². The van der Waals surface area contributed by atoms with Gasteiger partial charge in [-0.2, -0.15) is 0 Å². The molecule has 4 rings (SSSR count). The summed E-state index contributed by atoms with van der Waals surface area (Å²) in [5.74, 6) is 1.08. The van der Waals surface area contributed by atoms with E-state index in [1.165, 1.54) is 24.7 Å². The molecule has 2 fully saturated rings. The first-order valence-corrected chi connectivity index (χ1v) is 8.66. The first-order valence-electron chi connectivity index (χ1n) is 8.66. The summed E-state index contributed by atoms with van der Waals surface area (Å²) >= 11 is 0. The van der Waals surface area contributed by atoms with E-state index in [0.717, 1.165) is 25.9 Å². The molecule has 2 aromatic rings. The minimum Gasteiger partial charge on any atom is -0.447 e. The Morgan fingerprint density at radius 1 is 1.21 bits per heavy atom. The molecule has 126 valence electrons. The average Bonchev–Trinajstić information content (AvgIpc) is 3.36. The van der Waals surface area contributed by atoms with Gasteiger partial charge >= 0.3 is 0 Å². The van der Waals surface area contributed by atoms with E-state index < -0.39 is 0 Å². The molecule has 2 aromatic heterocycles. The predicted octanol–water partition coefficient (Wildman–Crippen LogP) is 2.34. The monoisotopic (exact) mass is 326 g/mol. The smallest absolute Gasteiger partial charge is 0.275 e. The summed E-state index contributed by atoms with van der Waals surface area (Å²) < 4.78 is 5.42. The third-order valence-corrected chi connectivity index (χ3v) is 4.85. The molecule has 1 aliphatic heterocycles. The molecule has 2 aliphatic rings. The number of carbonyl (C=O) groups excluding carboxylic acids is 1. The Bertz CT molecular complexity index is 688. The fraction of sp³-hybridized carbons (Fsp3) is 0.500. The number of aromatic nitrogens is 2. The van der Waals surface area contributed by atoms with E-state index in [2.05, 4.69) is 27.4 Å². The number of likely N-dealkylation sites (tertiary alicyclic amines) is 1. The SMILES string of the molecule is O=C(c1coc(CNC2CC2)n1)N1CCC(c2ccncc2)CC1. The lowest BCUT2D eigenvalue weighted by Crippen LogP contribution is -2.38. The van der Waals surface area contributed by atoms with Gasteiger partial charge in [-0.15, -0.1) is 0 Å². The first kappa shape index (κ1) is 15.3. The highest BCUT2D eigenvalue weighted by Gasteiger charge is 2.26. The predicted molar refractivity (Wildman–Crippen MR) is 88.5 cm³/mol. The van der Waals surface area contributed by atoms with Crippen LogP contribution in [0.3, 0.4) is 0 Å². The molecule has 1 saturated heterocycles. The van der Waals surface area contributed by atoms with Gasteiger partial charge < -0.3 is 14.6 Å². The van der Waals surface area contributed by atoms with Crippen molar-refractivity contribution in [2.24, 2.45) is 0 Å². The Hall–Kier alpha value is -2.21. The molecular formula is C18H22N4O2. The molecule has 0 radical (unpaired) electrons. The van der Waals surface area contributed by atoms with E-state index in [1.54, 1.807) is 0 Å². The molecule has 0 unspecified atom stereocenters. The van der Waals surface area contributed by atoms with Gasteiger partial charge in [0.1, 0.15) is 6.26 Å². The fourth-order valence-corrected chi connectivity index (χ4v) is 3.22. The van der Waals surface area contributed by atoms with E-state index in [9.17, 15) is 4.79 Å². The van der Waals surface area contributed by atoms with Gasteiger partial charge in [0.25, 0.3) is 5.91 Å². The summed E-state index contributed by atoms with van der Waals surface area (Å²) in [6.07, 6.45) is 9.55. The maximum atomic E-state index is 12.6. The molecule has 6 nitrogen and oxygen atoms in total. The summed E-state index contributed by atoms with van der Waals surface area (Å²) in [7, 11) is 0. The van der Waals surface area contributed by atoms with Crippen molar-refractivity contribution in [1.82, 2.24) is 20.2 Å². The molecule has 24 heavy (non-hydrogen) atoms. The third-order valence-electron chi connectivity index (χ3n) is 4.85. The molecule has 0 spiro atoms. The minimum absolute atomic E-state index is 0.0235. The molecule has 1 amide bonds. The molecule has 0 bridgehead atoms. The Morgan fingerprint density at radius 2 is 1.96 bits per heavy atom. The number of oxazole rings is 1. The summed E-state index contributed by atoms with van der Waals surface area (Å²) in [5.41, 5.74) is 1.73. The zero-order chi connectivity index (χ0) is 16.4. The lowest BCUT2D eigenvalue weighted by Gasteiger charge is -2.31. The Morgan fingerprint density at radius 3 is 2.67 bits per heavy atom. The van der Waals surface area contributed by atoms with Crippen molar-refractivity contribution in [1.29, 1.82) is 0 Å². The van der Waals surface area contributed by atoms with Gasteiger partial charge in [-0.1, -0.05) is 0 Å². The molecule has 1 N–H and O–H groups in total. The van der Waals surface area contributed by atoms with Crippen LogP contribution in [0.1, 0.15) is 53.5 Å². The van der Waals surface area contributed by atoms with Crippen LogP contribution < -0.4 is 5.32 Å². The van der Waals surface area contributed by atoms with Gasteiger partial charge in [0.05, 0.1) is 6.54 Å². The van der Waals surface area contributed by atoms with Gasteiger partial charge in [-0.05, 0) is 49.3 Å². The van der Waals surface area contributed by atoms with Crippen LogP contribution >= 0.6 is 0 Å². The molecule has 1 aliphatic carbocycles. The van der Waals surface area contributed by atoms with Crippen molar-refractivity contribution in [3.05, 3.63) is 47.9 Å². The van der Waals surface area contributed by atoms with Crippen LogP contribution in [0, 0.1) is 0 Å². The lowest BCUT2D eigenvalue weighted by atomic mass is 9.90. The highest BCUT2D eigenvalue weighted by atomic mass is 16.3. The van der Waals surface area contributed by atoms with Crippen molar-refractivity contribution >= 4 is 5.91 Å². The standard InChI is InChI=1S/C18H22N4O2/c23-18(16-12-24-17(21-16)11-20-15-1-2-15)22-9-5-14(6-10-22)13-3-7-19-8-4-13/h3-4,7-8,12,14-15,20H,1-2,5-6,9-11H2. The normalized spacial score (nSPS) is 18.8. The van der Waals surface area contributed by atoms with E-state index in [-0.39, 0.29) is 5.91 Å². The Kier molecular flexibility index (Phi) is 4.30. The van der Waals surface area contributed by atoms with Crippen LogP contribution in [0.4, 0.5) is 0 Å². The molecule has 0 aromatic carbocycles. The van der Waals surface area contributed by atoms with Crippen LogP contribution in [0.5, 0.6) is 0 Å². The van der Waals surface area contributed by atoms with Crippen molar-refractivity contribution in [2.45, 2.75) is 44.2 Å². The zero-order valence-electron chi connectivity index (χ0n) is 13.6. The summed E-state index contributed by atoms with van der Waals surface area (Å²) in [4.78, 5) is 22.9. The number of nitrogens with zero attached hydrogens (tertiary/aromatic N) is 3. The highest BCUT2D eigenvalue weighted by molar-refractivity contribution is 5.92. The van der Waals surface area contributed by atoms with E-state index in [1.807, 2.05) is 17.3 Å². The van der Waals surface area contributed by atoms with Gasteiger partial charge in [-0.25, -0.2) is 4.98 Å². The molecule has 3 heterocycles. The van der Waals surface area contributed by atoms with Crippen LogP contribution in [0.25, 0.3) is 0 Å². The fourth-order valence-electron chi connectivity index (χ4n) is 3.22. The maximum Gasteiger partial charge on any atom is 0.275 e. The topological polar surface area (TPSA) is 71.3 Å². The zero-order valence-corrected chi connectivity index (χ0v) is 13.6. The van der Waals surface area contributed by atoms with Crippen LogP contribution in [0.15, 0.2) is 35.2 Å². The number of hydrogen-bond donors (Lipinski definition) is 1. The number of rotatable bonds is 5. The summed E-state index contributed by atoms with van der Waals surface area (Å²) in [5, 5.41) is 3.34. The number of piperidine rings is 1. The number of nitrogens with one attached hydrogen (secondary N) is 1. The van der Waals surface area contributed by atoms with E-state index in [4.69, 9.17) is 4.42 Å². The number of hydrogen-bond acceptors (Lipinski definition) is 5. The van der Waals surface area contributed by atoms with Gasteiger partial charge in [-0.3, -0.25) is 9.78 Å². The Labute approximate surface area is 141 Å². The molecular weight excluding hydrogens is 304 g/mol. The summed E-state index contributed by atoms with van der Waals surface area (Å²) in [6, 6.07) is 4.74. The average molecular weight is 326 g/mol. The van der Waals surface area contributed by atoms with Crippen molar-refractivity contribution in [3.8, 4) is 0 Å². The third kappa shape index (κ3) is 3.48. The maximum absolute atomic E-state index is 12.6. The quantitative estimate of drug-likeness (QED) is 0.913. The summed E-state index contributed by atoms with van der Waals surface area (Å²) in [6.45, 7) is 2.12. The van der Waals surface area contributed by atoms with Crippen LogP contribution in [-0.4, -0.2) is 39.9 Å². The largest absolute Gasteiger partial charge is 0.447 e. The number of amides is 1. The van der Waals surface area contributed by atoms with Gasteiger partial charge in [0, 0.05) is 31.5 Å². The Balaban J connectivity index is 1.32. The van der Waals surface area contributed by atoms with Crippen LogP contribution in [-0.2, 0) is 6.54 Å². The molecule has 6 heteroatoms. The van der Waals surface area contributed by atoms with Gasteiger partial charge in [0.15, 0.2) is 5.69 Å². The minimum atomic E-state index is -0.0235. The van der Waals surface area contributed by atoms with E-state index in [0.29, 0.717) is 30.1 Å². The van der Waals surface area contributed by atoms with Crippen molar-refractivity contribution < 1.29 is 9.21 Å². The number of carbonyl (C=O) groups is 1. The second-order valence-corrected chi connectivity index (χ2v) is 6.63. The van der Waals surface area contributed by atoms with Crippen LogP contribution in [0.2, 0.25) is 0 Å². The molecule has 1 saturated carbocycles. The highest BCUT2D eigenvalue weighted by Crippen LogP contribution is 2.28. The van der Waals surface area contributed by atoms with E-state index >= 15 is 0 Å². The first-order chi connectivity index (χ1) is 11.8. The number of pyridine rings is 1. The second-order valence-electron chi connectivity index (χ2n) is 6.63.